The Kier molecular flexibility index (Phi) is 7.50. The van der Waals surface area contributed by atoms with Crippen molar-refractivity contribution in [3.63, 3.8) is 0 Å². The molecule has 1 unspecified atom stereocenters. The molecule has 150 valence electrons. The van der Waals surface area contributed by atoms with Gasteiger partial charge in [0.1, 0.15) is 11.6 Å². The van der Waals surface area contributed by atoms with Crippen LogP contribution in [0.2, 0.25) is 0 Å². The van der Waals surface area contributed by atoms with Crippen LogP contribution in [0, 0.1) is 0 Å². The molecule has 0 aromatic carbocycles. The molecule has 2 amide bonds. The number of allylic oxidation sites excluding steroid dienone is 5. The Balaban J connectivity index is 2.10. The molecule has 2 rings (SSSR count). The lowest BCUT2D eigenvalue weighted by molar-refractivity contribution is -0.136. The van der Waals surface area contributed by atoms with Gasteiger partial charge in [0, 0.05) is 24.7 Å². The molecule has 7 heteroatoms. The quantitative estimate of drug-likeness (QED) is 0.774. The molecule has 0 spiro atoms. The fraction of sp³-hybridized carbons (Fsp3) is 0.600. The number of nitrogens with zero attached hydrogens (tertiary/aromatic N) is 2. The highest BCUT2D eigenvalue weighted by Crippen LogP contribution is 2.23. The van der Waals surface area contributed by atoms with E-state index in [0.29, 0.717) is 31.0 Å². The minimum Gasteiger partial charge on any atom is -0.444 e. The molecular weight excluding hydrogens is 368 g/mol. The van der Waals surface area contributed by atoms with Gasteiger partial charge in [0.25, 0.3) is 0 Å². The molecule has 1 fully saturated rings. The smallest absolute Gasteiger partial charge is 0.410 e. The largest absolute Gasteiger partial charge is 0.444 e. The highest BCUT2D eigenvalue weighted by atomic mass is 35.5. The standard InChI is InChI=1S/C20H29ClN2O4/c1-20(2,3)27-19(26)23-11-5-8-17(23)18(25)22(12-13-24)14-15-6-4-7-16(21)10-9-15/h4,7,9-10,17,24H,5-6,8,11-14H2,1-3H3. The number of ether oxygens (including phenoxy) is 1. The highest BCUT2D eigenvalue weighted by molar-refractivity contribution is 6.31. The van der Waals surface area contributed by atoms with Gasteiger partial charge in [-0.25, -0.2) is 4.79 Å². The Hall–Kier alpha value is -1.79. The Labute approximate surface area is 166 Å². The van der Waals surface area contributed by atoms with Crippen LogP contribution in [0.25, 0.3) is 0 Å². The van der Waals surface area contributed by atoms with Gasteiger partial charge in [-0.2, -0.15) is 0 Å². The van der Waals surface area contributed by atoms with Crippen molar-refractivity contribution in [1.82, 2.24) is 9.80 Å². The molecule has 0 radical (unpaired) electrons. The molecule has 0 aromatic heterocycles. The SMILES string of the molecule is CC(C)(C)OC(=O)N1CCCC1C(=O)N(CCO)CC1=CC=C(Cl)C=CC1. The van der Waals surface area contributed by atoms with Crippen LogP contribution in [-0.2, 0) is 9.53 Å². The summed E-state index contributed by atoms with van der Waals surface area (Å²) in [6.45, 7) is 6.40. The van der Waals surface area contributed by atoms with E-state index in [-0.39, 0.29) is 19.1 Å². The Morgan fingerprint density at radius 2 is 2.11 bits per heavy atom. The van der Waals surface area contributed by atoms with Gasteiger partial charge in [0.15, 0.2) is 0 Å². The summed E-state index contributed by atoms with van der Waals surface area (Å²) >= 11 is 6.01. The monoisotopic (exact) mass is 396 g/mol. The minimum atomic E-state index is -0.610. The average Bonchev–Trinajstić information content (AvgIpc) is 2.98. The first-order valence-corrected chi connectivity index (χ1v) is 9.70. The number of carbonyl (C=O) groups excluding carboxylic acids is 2. The lowest BCUT2D eigenvalue weighted by atomic mass is 10.1. The van der Waals surface area contributed by atoms with Crippen molar-refractivity contribution in [1.29, 1.82) is 0 Å². The van der Waals surface area contributed by atoms with Crippen LogP contribution in [0.4, 0.5) is 4.79 Å². The van der Waals surface area contributed by atoms with Gasteiger partial charge in [-0.1, -0.05) is 23.8 Å². The second-order valence-corrected chi connectivity index (χ2v) is 8.23. The minimum absolute atomic E-state index is 0.134. The second-order valence-electron chi connectivity index (χ2n) is 7.80. The first-order chi connectivity index (χ1) is 12.7. The first kappa shape index (κ1) is 21.5. The van der Waals surface area contributed by atoms with Gasteiger partial charge in [0.05, 0.1) is 6.61 Å². The zero-order valence-corrected chi connectivity index (χ0v) is 17.0. The van der Waals surface area contributed by atoms with Crippen LogP contribution in [0.3, 0.4) is 0 Å². The van der Waals surface area contributed by atoms with Crippen molar-refractivity contribution in [2.24, 2.45) is 0 Å². The van der Waals surface area contributed by atoms with Gasteiger partial charge in [-0.05, 0) is 57.8 Å². The molecule has 0 aromatic rings. The molecule has 0 bridgehead atoms. The fourth-order valence-corrected chi connectivity index (χ4v) is 3.32. The summed E-state index contributed by atoms with van der Waals surface area (Å²) in [5.41, 5.74) is 0.409. The summed E-state index contributed by atoms with van der Waals surface area (Å²) < 4.78 is 5.44. The third kappa shape index (κ3) is 6.40. The number of carbonyl (C=O) groups is 2. The molecule has 6 nitrogen and oxygen atoms in total. The molecule has 1 atom stereocenters. The van der Waals surface area contributed by atoms with Crippen LogP contribution < -0.4 is 0 Å². The molecule has 1 heterocycles. The van der Waals surface area contributed by atoms with Crippen molar-refractivity contribution in [3.8, 4) is 0 Å². The van der Waals surface area contributed by atoms with Gasteiger partial charge < -0.3 is 14.7 Å². The van der Waals surface area contributed by atoms with Crippen LogP contribution in [0.15, 0.2) is 34.9 Å². The zero-order valence-electron chi connectivity index (χ0n) is 16.3. The van der Waals surface area contributed by atoms with Crippen LogP contribution in [0.5, 0.6) is 0 Å². The first-order valence-electron chi connectivity index (χ1n) is 9.32. The third-order valence-corrected chi connectivity index (χ3v) is 4.63. The fourth-order valence-electron chi connectivity index (χ4n) is 3.17. The lowest BCUT2D eigenvalue weighted by Gasteiger charge is -2.32. The van der Waals surface area contributed by atoms with Gasteiger partial charge in [-0.15, -0.1) is 0 Å². The van der Waals surface area contributed by atoms with Crippen molar-refractivity contribution in [2.75, 3.05) is 26.2 Å². The maximum atomic E-state index is 13.1. The molecule has 1 aliphatic carbocycles. The Morgan fingerprint density at radius 3 is 2.78 bits per heavy atom. The van der Waals surface area contributed by atoms with Crippen molar-refractivity contribution in [3.05, 3.63) is 34.9 Å². The van der Waals surface area contributed by atoms with E-state index in [9.17, 15) is 14.7 Å². The summed E-state index contributed by atoms with van der Waals surface area (Å²) in [5, 5.41) is 10.1. The molecular formula is C20H29ClN2O4. The maximum Gasteiger partial charge on any atom is 0.410 e. The van der Waals surface area contributed by atoms with E-state index in [0.717, 1.165) is 12.0 Å². The molecule has 0 saturated carbocycles. The van der Waals surface area contributed by atoms with Gasteiger partial charge in [0.2, 0.25) is 5.91 Å². The second kappa shape index (κ2) is 9.42. The number of hydrogen-bond donors (Lipinski definition) is 1. The summed E-state index contributed by atoms with van der Waals surface area (Å²) in [7, 11) is 0. The van der Waals surface area contributed by atoms with E-state index in [4.69, 9.17) is 16.3 Å². The van der Waals surface area contributed by atoms with Crippen LogP contribution >= 0.6 is 11.6 Å². The number of rotatable bonds is 5. The van der Waals surface area contributed by atoms with E-state index in [1.807, 2.05) is 18.2 Å². The number of hydrogen-bond acceptors (Lipinski definition) is 4. The van der Waals surface area contributed by atoms with E-state index >= 15 is 0 Å². The lowest BCUT2D eigenvalue weighted by Crippen LogP contribution is -2.50. The average molecular weight is 397 g/mol. The van der Waals surface area contributed by atoms with Gasteiger partial charge >= 0.3 is 6.09 Å². The summed E-state index contributed by atoms with van der Waals surface area (Å²) in [6.07, 6.45) is 9.05. The summed E-state index contributed by atoms with van der Waals surface area (Å²) in [6, 6.07) is -0.549. The van der Waals surface area contributed by atoms with Gasteiger partial charge in [-0.3, -0.25) is 9.69 Å². The number of amides is 2. The van der Waals surface area contributed by atoms with Crippen LogP contribution in [-0.4, -0.2) is 64.8 Å². The molecule has 1 saturated heterocycles. The predicted molar refractivity (Wildman–Crippen MR) is 105 cm³/mol. The third-order valence-electron chi connectivity index (χ3n) is 4.38. The topological polar surface area (TPSA) is 70.1 Å². The molecule has 27 heavy (non-hydrogen) atoms. The van der Waals surface area contributed by atoms with E-state index in [1.54, 1.807) is 31.7 Å². The van der Waals surface area contributed by atoms with E-state index < -0.39 is 17.7 Å². The van der Waals surface area contributed by atoms with Crippen molar-refractivity contribution in [2.45, 2.75) is 51.7 Å². The zero-order chi connectivity index (χ0) is 20.0. The number of aliphatic hydroxyl groups is 1. The Bertz CT molecular complexity index is 649. The molecule has 2 aliphatic rings. The number of likely N-dealkylation sites (tertiary alicyclic amines) is 1. The molecule has 1 N–H and O–H groups in total. The summed E-state index contributed by atoms with van der Waals surface area (Å²) in [5.74, 6) is -0.156. The normalized spacial score (nSPS) is 20.0. The molecule has 1 aliphatic heterocycles. The predicted octanol–water partition coefficient (Wildman–Crippen LogP) is 3.22. The van der Waals surface area contributed by atoms with E-state index in [1.165, 1.54) is 4.90 Å². The number of aliphatic hydroxyl groups excluding tert-OH is 1. The number of halogens is 1. The van der Waals surface area contributed by atoms with Crippen LogP contribution in [0.1, 0.15) is 40.0 Å². The van der Waals surface area contributed by atoms with E-state index in [2.05, 4.69) is 0 Å². The summed E-state index contributed by atoms with van der Waals surface area (Å²) in [4.78, 5) is 28.7. The maximum absolute atomic E-state index is 13.1. The highest BCUT2D eigenvalue weighted by Gasteiger charge is 2.38. The Morgan fingerprint density at radius 1 is 1.37 bits per heavy atom. The van der Waals surface area contributed by atoms with Crippen molar-refractivity contribution < 1.29 is 19.4 Å². The van der Waals surface area contributed by atoms with Crippen molar-refractivity contribution >= 4 is 23.6 Å².